The topological polar surface area (TPSA) is 29.5 Å². The molecule has 0 unspecified atom stereocenters. The van der Waals surface area contributed by atoms with E-state index >= 15 is 0 Å². The lowest BCUT2D eigenvalue weighted by atomic mass is 9.60. The maximum atomic E-state index is 9.92. The molecule has 2 nitrogen and oxygen atoms in total. The van der Waals surface area contributed by atoms with E-state index in [1.54, 1.807) is 5.57 Å². The molecule has 2 aliphatic carbocycles. The Morgan fingerprint density at radius 2 is 1.90 bits per heavy atom. The minimum atomic E-state index is -1.95. The van der Waals surface area contributed by atoms with E-state index in [0.717, 1.165) is 23.8 Å². The second kappa shape index (κ2) is 9.76. The van der Waals surface area contributed by atoms with Crippen LogP contribution >= 0.6 is 15.9 Å². The fraction of sp³-hybridized carbons (Fsp3) is 0.852. The first kappa shape index (κ1) is 27.3. The molecule has 2 rings (SSSR count). The lowest BCUT2D eigenvalue weighted by Crippen LogP contribution is -2.49. The number of allylic oxidation sites excluding steroid dienone is 1. The van der Waals surface area contributed by atoms with Crippen LogP contribution in [0.1, 0.15) is 87.0 Å². The van der Waals surface area contributed by atoms with Crippen LogP contribution in [0.25, 0.3) is 0 Å². The Morgan fingerprint density at radius 3 is 2.42 bits per heavy atom. The van der Waals surface area contributed by atoms with Gasteiger partial charge in [-0.25, -0.2) is 0 Å². The van der Waals surface area contributed by atoms with E-state index in [4.69, 9.17) is 4.43 Å². The highest BCUT2D eigenvalue weighted by atomic mass is 79.9. The Bertz CT molecular complexity index is 675. The summed E-state index contributed by atoms with van der Waals surface area (Å²) in [5.41, 5.74) is 2.68. The zero-order valence-electron chi connectivity index (χ0n) is 21.8. The van der Waals surface area contributed by atoms with Gasteiger partial charge in [-0.3, -0.25) is 0 Å². The summed E-state index contributed by atoms with van der Waals surface area (Å²) in [7, 11) is -1.95. The average Bonchev–Trinajstić information content (AvgIpc) is 3.02. The van der Waals surface area contributed by atoms with Gasteiger partial charge in [0.05, 0.1) is 12.7 Å². The molecule has 2 aliphatic rings. The summed E-state index contributed by atoms with van der Waals surface area (Å²) in [6, 6.07) is 0. The predicted molar refractivity (Wildman–Crippen MR) is 141 cm³/mol. The molecule has 0 amide bonds. The van der Waals surface area contributed by atoms with Crippen molar-refractivity contribution in [2.24, 2.45) is 28.6 Å². The summed E-state index contributed by atoms with van der Waals surface area (Å²) in [6.45, 7) is 25.4. The maximum Gasteiger partial charge on any atom is 0.192 e. The quantitative estimate of drug-likeness (QED) is 0.261. The Kier molecular flexibility index (Phi) is 8.61. The molecule has 2 saturated carbocycles. The Hall–Kier alpha value is 0.0969. The van der Waals surface area contributed by atoms with Crippen molar-refractivity contribution in [1.82, 2.24) is 0 Å². The summed E-state index contributed by atoms with van der Waals surface area (Å²) >= 11 is 3.66. The molecule has 1 N–H and O–H groups in total. The number of hydrogen-bond acceptors (Lipinski definition) is 2. The van der Waals surface area contributed by atoms with Crippen molar-refractivity contribution in [3.63, 3.8) is 0 Å². The highest BCUT2D eigenvalue weighted by molar-refractivity contribution is 9.11. The lowest BCUT2D eigenvalue weighted by molar-refractivity contribution is 0.0254. The van der Waals surface area contributed by atoms with E-state index in [1.165, 1.54) is 32.1 Å². The van der Waals surface area contributed by atoms with Crippen LogP contribution in [0.15, 0.2) is 22.7 Å². The summed E-state index contributed by atoms with van der Waals surface area (Å²) in [6.07, 6.45) is 7.68. The highest BCUT2D eigenvalue weighted by Crippen LogP contribution is 2.60. The minimum Gasteiger partial charge on any atom is -0.413 e. The first-order valence-electron chi connectivity index (χ1n) is 12.4. The molecule has 0 heterocycles. The second-order valence-corrected chi connectivity index (χ2v) is 18.1. The molecule has 31 heavy (non-hydrogen) atoms. The smallest absolute Gasteiger partial charge is 0.192 e. The molecule has 4 heteroatoms. The van der Waals surface area contributed by atoms with Crippen molar-refractivity contribution in [3.8, 4) is 0 Å². The first-order valence-corrected chi connectivity index (χ1v) is 16.2. The molecule has 0 aromatic heterocycles. The molecule has 0 aliphatic heterocycles. The van der Waals surface area contributed by atoms with Crippen molar-refractivity contribution >= 4 is 24.2 Å². The van der Waals surface area contributed by atoms with Crippen LogP contribution in [-0.4, -0.2) is 26.1 Å². The second-order valence-electron chi connectivity index (χ2n) is 12.8. The van der Waals surface area contributed by atoms with Crippen molar-refractivity contribution in [2.45, 2.75) is 111 Å². The zero-order chi connectivity index (χ0) is 23.8. The van der Waals surface area contributed by atoms with E-state index in [1.807, 2.05) is 0 Å². The van der Waals surface area contributed by atoms with Gasteiger partial charge in [0.2, 0.25) is 0 Å². The van der Waals surface area contributed by atoms with E-state index in [0.29, 0.717) is 11.3 Å². The van der Waals surface area contributed by atoms with Crippen LogP contribution in [0.4, 0.5) is 0 Å². The predicted octanol–water partition coefficient (Wildman–Crippen LogP) is 8.47. The SMILES string of the molecule is C=C(CO)C(C)(C)[C@@H](C[C@@H](C)[C@H]1CC[C@H]2/C(=C/Br)CCC[C@]12C)O[Si](C)(C)C(C)(C)C. The van der Waals surface area contributed by atoms with Crippen LogP contribution in [0, 0.1) is 28.6 Å². The first-order chi connectivity index (χ1) is 14.1. The summed E-state index contributed by atoms with van der Waals surface area (Å²) < 4.78 is 7.08. The van der Waals surface area contributed by atoms with Gasteiger partial charge in [0.1, 0.15) is 0 Å². The Balaban J connectivity index is 2.31. The van der Waals surface area contributed by atoms with Crippen molar-refractivity contribution in [3.05, 3.63) is 22.7 Å². The molecule has 0 saturated heterocycles. The van der Waals surface area contributed by atoms with Gasteiger partial charge in [0.25, 0.3) is 0 Å². The average molecular weight is 514 g/mol. The third kappa shape index (κ3) is 5.44. The van der Waals surface area contributed by atoms with Crippen molar-refractivity contribution in [1.29, 1.82) is 0 Å². The largest absolute Gasteiger partial charge is 0.413 e. The van der Waals surface area contributed by atoms with Gasteiger partial charge in [-0.05, 0) is 90.4 Å². The maximum absolute atomic E-state index is 9.92. The Labute approximate surface area is 202 Å². The van der Waals surface area contributed by atoms with Crippen molar-refractivity contribution in [2.75, 3.05) is 6.61 Å². The number of hydrogen-bond donors (Lipinski definition) is 1. The lowest BCUT2D eigenvalue weighted by Gasteiger charge is -2.48. The fourth-order valence-corrected chi connectivity index (χ4v) is 8.10. The van der Waals surface area contributed by atoms with Crippen LogP contribution in [0.2, 0.25) is 18.1 Å². The molecule has 0 aromatic carbocycles. The van der Waals surface area contributed by atoms with Gasteiger partial charge in [-0.15, -0.1) is 0 Å². The van der Waals surface area contributed by atoms with Crippen LogP contribution < -0.4 is 0 Å². The van der Waals surface area contributed by atoms with Gasteiger partial charge >= 0.3 is 0 Å². The van der Waals surface area contributed by atoms with E-state index in [9.17, 15) is 5.11 Å². The molecular formula is C27H49BrO2Si. The number of aliphatic hydroxyl groups excluding tert-OH is 1. The number of fused-ring (bicyclic) bond motifs is 1. The number of aliphatic hydroxyl groups is 1. The molecule has 180 valence electrons. The summed E-state index contributed by atoms with van der Waals surface area (Å²) in [5, 5.41) is 10.1. The fourth-order valence-electron chi connectivity index (χ4n) is 6.10. The van der Waals surface area contributed by atoms with Gasteiger partial charge in [-0.2, -0.15) is 0 Å². The highest BCUT2D eigenvalue weighted by Gasteiger charge is 2.52. The van der Waals surface area contributed by atoms with E-state index in [2.05, 4.69) is 89.1 Å². The van der Waals surface area contributed by atoms with E-state index in [-0.39, 0.29) is 23.2 Å². The number of rotatable bonds is 8. The van der Waals surface area contributed by atoms with Gasteiger partial charge < -0.3 is 9.53 Å². The van der Waals surface area contributed by atoms with Crippen LogP contribution in [0.3, 0.4) is 0 Å². The number of halogens is 1. The zero-order valence-corrected chi connectivity index (χ0v) is 24.4. The normalized spacial score (nSPS) is 30.9. The monoisotopic (exact) mass is 512 g/mol. The molecule has 0 radical (unpaired) electrons. The molecule has 0 aromatic rings. The third-order valence-corrected chi connectivity index (χ3v) is 14.7. The third-order valence-electron chi connectivity index (χ3n) is 9.60. The van der Waals surface area contributed by atoms with Gasteiger partial charge in [-0.1, -0.05) is 76.5 Å². The molecule has 5 atom stereocenters. The standard InChI is InChI=1S/C27H49BrO2Si/c1-19(22-13-14-23-21(17-28)12-11-15-27(22,23)8)16-24(26(6,7)20(2)18-29)30-31(9,10)25(3,4)5/h17,19,22-24,29H,2,11-16,18H2,1,3-10H3/b21-17+/t19-,22-,23+,24-,27-/m1/s1. The van der Waals surface area contributed by atoms with Crippen molar-refractivity contribution < 1.29 is 9.53 Å². The Morgan fingerprint density at radius 1 is 1.29 bits per heavy atom. The molecule has 0 spiro atoms. The van der Waals surface area contributed by atoms with Gasteiger partial charge in [0, 0.05) is 5.41 Å². The van der Waals surface area contributed by atoms with E-state index < -0.39 is 8.32 Å². The summed E-state index contributed by atoms with van der Waals surface area (Å²) in [5.74, 6) is 2.04. The molecular weight excluding hydrogens is 464 g/mol. The van der Waals surface area contributed by atoms with Crippen LogP contribution in [0.5, 0.6) is 0 Å². The van der Waals surface area contributed by atoms with Gasteiger partial charge in [0.15, 0.2) is 8.32 Å². The summed E-state index contributed by atoms with van der Waals surface area (Å²) in [4.78, 5) is 2.22. The van der Waals surface area contributed by atoms with Crippen LogP contribution in [-0.2, 0) is 4.43 Å². The minimum absolute atomic E-state index is 0.0291. The molecule has 0 bridgehead atoms. The molecule has 2 fully saturated rings.